The molecule has 2 aromatic carbocycles. The number of halogens is 5. The monoisotopic (exact) mass is 377 g/mol. The second-order valence-electron chi connectivity index (χ2n) is 4.64. The van der Waals surface area contributed by atoms with Crippen molar-refractivity contribution in [2.75, 3.05) is 5.32 Å². The van der Waals surface area contributed by atoms with Crippen LogP contribution < -0.4 is 5.32 Å². The van der Waals surface area contributed by atoms with Gasteiger partial charge in [-0.1, -0.05) is 39.7 Å². The Morgan fingerprint density at radius 3 is 2.48 bits per heavy atom. The molecule has 2 rings (SSSR count). The highest BCUT2D eigenvalue weighted by Gasteiger charge is 2.33. The normalized spacial score (nSPS) is 11.5. The Morgan fingerprint density at radius 1 is 1.14 bits per heavy atom. The molecule has 0 bridgehead atoms. The summed E-state index contributed by atoms with van der Waals surface area (Å²) in [5.41, 5.74) is 1.20. The number of hydrogen-bond acceptors (Lipinski definition) is 1. The van der Waals surface area contributed by atoms with Gasteiger partial charge in [-0.05, 0) is 42.3 Å². The lowest BCUT2D eigenvalue weighted by Gasteiger charge is -2.15. The molecule has 21 heavy (non-hydrogen) atoms. The molecular weight excluding hydrogens is 367 g/mol. The lowest BCUT2D eigenvalue weighted by molar-refractivity contribution is -0.136. The van der Waals surface area contributed by atoms with E-state index >= 15 is 0 Å². The molecule has 0 aromatic heterocycles. The van der Waals surface area contributed by atoms with E-state index in [1.54, 1.807) is 0 Å². The van der Waals surface area contributed by atoms with Gasteiger partial charge in [0.1, 0.15) is 0 Å². The van der Waals surface area contributed by atoms with Gasteiger partial charge in [0.25, 0.3) is 0 Å². The van der Waals surface area contributed by atoms with Crippen LogP contribution in [-0.2, 0) is 12.7 Å². The average Bonchev–Trinajstić information content (AvgIpc) is 2.38. The number of aryl methyl sites for hydroxylation is 1. The molecule has 0 saturated heterocycles. The van der Waals surface area contributed by atoms with Crippen LogP contribution in [0.3, 0.4) is 0 Å². The van der Waals surface area contributed by atoms with E-state index < -0.39 is 11.7 Å². The summed E-state index contributed by atoms with van der Waals surface area (Å²) in [5, 5.41) is 2.87. The van der Waals surface area contributed by atoms with Gasteiger partial charge in [0, 0.05) is 21.7 Å². The van der Waals surface area contributed by atoms with Crippen LogP contribution in [0, 0.1) is 6.92 Å². The fourth-order valence-electron chi connectivity index (χ4n) is 1.89. The zero-order chi connectivity index (χ0) is 15.6. The molecule has 0 spiro atoms. The summed E-state index contributed by atoms with van der Waals surface area (Å²) < 4.78 is 39.8. The second kappa shape index (κ2) is 6.28. The molecule has 1 N–H and O–H groups in total. The maximum absolute atomic E-state index is 13.0. The number of nitrogens with one attached hydrogen (secondary N) is 1. The molecule has 0 unspecified atom stereocenters. The van der Waals surface area contributed by atoms with Gasteiger partial charge in [0.2, 0.25) is 0 Å². The Kier molecular flexibility index (Phi) is 4.84. The molecule has 6 heteroatoms. The van der Waals surface area contributed by atoms with E-state index in [4.69, 9.17) is 11.6 Å². The Labute approximate surface area is 134 Å². The van der Waals surface area contributed by atoms with E-state index in [9.17, 15) is 13.2 Å². The first-order valence-electron chi connectivity index (χ1n) is 6.13. The van der Waals surface area contributed by atoms with Crippen molar-refractivity contribution in [3.63, 3.8) is 0 Å². The summed E-state index contributed by atoms with van der Waals surface area (Å²) in [5.74, 6) is 0. The minimum Gasteiger partial charge on any atom is -0.380 e. The minimum atomic E-state index is -4.45. The number of alkyl halides is 3. The SMILES string of the molecule is Cc1ccc(CNc2ccc(Cl)cc2C(F)(F)F)c(Br)c1. The smallest absolute Gasteiger partial charge is 0.380 e. The van der Waals surface area contributed by atoms with Crippen LogP contribution in [0.1, 0.15) is 16.7 Å². The quantitative estimate of drug-likeness (QED) is 0.686. The van der Waals surface area contributed by atoms with Crippen LogP contribution >= 0.6 is 27.5 Å². The predicted molar refractivity (Wildman–Crippen MR) is 82.7 cm³/mol. The molecule has 0 aliphatic heterocycles. The topological polar surface area (TPSA) is 12.0 Å². The first-order chi connectivity index (χ1) is 9.77. The van der Waals surface area contributed by atoms with Gasteiger partial charge in [-0.15, -0.1) is 0 Å². The summed E-state index contributed by atoms with van der Waals surface area (Å²) in [6.07, 6.45) is -4.45. The first-order valence-corrected chi connectivity index (χ1v) is 7.30. The van der Waals surface area contributed by atoms with Gasteiger partial charge < -0.3 is 5.32 Å². The van der Waals surface area contributed by atoms with Crippen molar-refractivity contribution in [3.8, 4) is 0 Å². The number of rotatable bonds is 3. The lowest BCUT2D eigenvalue weighted by Crippen LogP contribution is -2.11. The van der Waals surface area contributed by atoms with Crippen LogP contribution in [0.15, 0.2) is 40.9 Å². The van der Waals surface area contributed by atoms with Gasteiger partial charge in [0.15, 0.2) is 0 Å². The van der Waals surface area contributed by atoms with E-state index in [1.165, 1.54) is 12.1 Å². The molecule has 0 aliphatic rings. The number of anilines is 1. The van der Waals surface area contributed by atoms with E-state index in [2.05, 4.69) is 21.2 Å². The second-order valence-corrected chi connectivity index (χ2v) is 5.93. The van der Waals surface area contributed by atoms with Crippen LogP contribution in [0.25, 0.3) is 0 Å². The minimum absolute atomic E-state index is 0.0133. The maximum Gasteiger partial charge on any atom is 0.418 e. The van der Waals surface area contributed by atoms with Crippen molar-refractivity contribution >= 4 is 33.2 Å². The molecular formula is C15H12BrClF3N. The van der Waals surface area contributed by atoms with E-state index in [1.807, 2.05) is 25.1 Å². The third kappa shape index (κ3) is 4.14. The molecule has 0 saturated carbocycles. The van der Waals surface area contributed by atoms with Gasteiger partial charge in [0.05, 0.1) is 5.56 Å². The summed E-state index contributed by atoms with van der Waals surface area (Å²) in [4.78, 5) is 0. The zero-order valence-electron chi connectivity index (χ0n) is 11.1. The summed E-state index contributed by atoms with van der Waals surface area (Å²) in [6.45, 7) is 2.23. The Balaban J connectivity index is 2.24. The summed E-state index contributed by atoms with van der Waals surface area (Å²) in [7, 11) is 0. The third-order valence-corrected chi connectivity index (χ3v) is 3.94. The van der Waals surface area contributed by atoms with Gasteiger partial charge in [-0.25, -0.2) is 0 Å². The predicted octanol–water partition coefficient (Wildman–Crippen LogP) is 6.04. The van der Waals surface area contributed by atoms with Crippen molar-refractivity contribution in [2.24, 2.45) is 0 Å². The number of benzene rings is 2. The van der Waals surface area contributed by atoms with Crippen molar-refractivity contribution in [1.82, 2.24) is 0 Å². The molecule has 0 radical (unpaired) electrons. The lowest BCUT2D eigenvalue weighted by atomic mass is 10.1. The van der Waals surface area contributed by atoms with E-state index in [-0.39, 0.29) is 17.3 Å². The fourth-order valence-corrected chi connectivity index (χ4v) is 2.70. The first kappa shape index (κ1) is 16.2. The molecule has 2 aromatic rings. The molecule has 1 nitrogen and oxygen atoms in total. The molecule has 0 aliphatic carbocycles. The van der Waals surface area contributed by atoms with E-state index in [0.717, 1.165) is 21.7 Å². The van der Waals surface area contributed by atoms with Gasteiger partial charge >= 0.3 is 6.18 Å². The van der Waals surface area contributed by atoms with E-state index in [0.29, 0.717) is 0 Å². The highest BCUT2D eigenvalue weighted by molar-refractivity contribution is 9.10. The fraction of sp³-hybridized carbons (Fsp3) is 0.200. The summed E-state index contributed by atoms with van der Waals surface area (Å²) in [6, 6.07) is 9.40. The maximum atomic E-state index is 13.0. The number of hydrogen-bond donors (Lipinski definition) is 1. The Hall–Kier alpha value is -1.20. The van der Waals surface area contributed by atoms with Crippen molar-refractivity contribution in [2.45, 2.75) is 19.6 Å². The zero-order valence-corrected chi connectivity index (χ0v) is 13.4. The van der Waals surface area contributed by atoms with Gasteiger partial charge in [-0.3, -0.25) is 0 Å². The molecule has 0 heterocycles. The largest absolute Gasteiger partial charge is 0.418 e. The average molecular weight is 379 g/mol. The molecule has 112 valence electrons. The van der Waals surface area contributed by atoms with Crippen molar-refractivity contribution in [1.29, 1.82) is 0 Å². The molecule has 0 amide bonds. The highest BCUT2D eigenvalue weighted by Crippen LogP contribution is 2.36. The molecule has 0 fully saturated rings. The van der Waals surface area contributed by atoms with Crippen molar-refractivity contribution < 1.29 is 13.2 Å². The van der Waals surface area contributed by atoms with Crippen LogP contribution in [0.2, 0.25) is 5.02 Å². The van der Waals surface area contributed by atoms with Crippen LogP contribution in [0.4, 0.5) is 18.9 Å². The van der Waals surface area contributed by atoms with Crippen molar-refractivity contribution in [3.05, 3.63) is 62.6 Å². The van der Waals surface area contributed by atoms with Crippen LogP contribution in [-0.4, -0.2) is 0 Å². The summed E-state index contributed by atoms with van der Waals surface area (Å²) >= 11 is 9.05. The Morgan fingerprint density at radius 2 is 1.86 bits per heavy atom. The highest BCUT2D eigenvalue weighted by atomic mass is 79.9. The third-order valence-electron chi connectivity index (χ3n) is 2.96. The molecule has 0 atom stereocenters. The van der Waals surface area contributed by atoms with Gasteiger partial charge in [-0.2, -0.15) is 13.2 Å². The standard InChI is InChI=1S/C15H12BrClF3N/c1-9-2-3-10(13(16)6-9)8-21-14-5-4-11(17)7-12(14)15(18,19)20/h2-7,21H,8H2,1H3. The Bertz CT molecular complexity index is 656. The van der Waals surface area contributed by atoms with Crippen LogP contribution in [0.5, 0.6) is 0 Å².